The minimum Gasteiger partial charge on any atom is -0.342 e. The van der Waals surface area contributed by atoms with E-state index in [9.17, 15) is 13.2 Å². The number of hydrogen-bond acceptors (Lipinski definition) is 3. The molecule has 0 aromatic heterocycles. The lowest BCUT2D eigenvalue weighted by atomic mass is 10.1. The molecule has 0 saturated carbocycles. The summed E-state index contributed by atoms with van der Waals surface area (Å²) in [5.41, 5.74) is 1.89. The molecule has 1 N–H and O–H groups in total. The Morgan fingerprint density at radius 3 is 2.35 bits per heavy atom. The number of amides is 1. The lowest BCUT2D eigenvalue weighted by Gasteiger charge is -2.15. The van der Waals surface area contributed by atoms with Crippen molar-refractivity contribution in [1.82, 2.24) is 4.90 Å². The van der Waals surface area contributed by atoms with Crippen molar-refractivity contribution in [2.75, 3.05) is 17.8 Å². The van der Waals surface area contributed by atoms with Crippen LogP contribution in [0.5, 0.6) is 0 Å². The number of carbonyl (C=O) groups is 1. The van der Waals surface area contributed by atoms with Gasteiger partial charge in [-0.15, -0.1) is 0 Å². The third-order valence-electron chi connectivity index (χ3n) is 4.34. The van der Waals surface area contributed by atoms with Gasteiger partial charge in [-0.25, -0.2) is 8.42 Å². The molecule has 0 radical (unpaired) electrons. The molecule has 1 aliphatic rings. The number of anilines is 1. The number of sulfonamides is 1. The second kappa shape index (κ2) is 8.10. The number of rotatable bonds is 6. The van der Waals surface area contributed by atoms with Crippen LogP contribution >= 0.6 is 11.6 Å². The van der Waals surface area contributed by atoms with Crippen molar-refractivity contribution in [3.05, 3.63) is 64.7 Å². The van der Waals surface area contributed by atoms with Crippen LogP contribution in [0, 0.1) is 0 Å². The summed E-state index contributed by atoms with van der Waals surface area (Å²) in [5.74, 6) is -0.0726. The van der Waals surface area contributed by atoms with E-state index < -0.39 is 10.0 Å². The average molecular weight is 393 g/mol. The van der Waals surface area contributed by atoms with Crippen LogP contribution in [-0.2, 0) is 27.0 Å². The quantitative estimate of drug-likeness (QED) is 0.818. The molecule has 0 bridgehead atoms. The largest absolute Gasteiger partial charge is 0.342 e. The van der Waals surface area contributed by atoms with Gasteiger partial charge < -0.3 is 4.90 Å². The Bertz CT molecular complexity index is 876. The molecule has 26 heavy (non-hydrogen) atoms. The highest BCUT2D eigenvalue weighted by atomic mass is 35.5. The SMILES string of the molecule is O=C(Cc1ccc(NS(=O)(=O)Cc2ccccc2Cl)cc1)N1CCCC1. The van der Waals surface area contributed by atoms with E-state index in [4.69, 9.17) is 11.6 Å². The number of hydrogen-bond donors (Lipinski definition) is 1. The minimum atomic E-state index is -3.57. The van der Waals surface area contributed by atoms with Crippen molar-refractivity contribution in [3.8, 4) is 0 Å². The van der Waals surface area contributed by atoms with Gasteiger partial charge in [-0.05, 0) is 42.2 Å². The molecule has 5 nitrogen and oxygen atoms in total. The minimum absolute atomic E-state index is 0.120. The summed E-state index contributed by atoms with van der Waals surface area (Å²) in [6.07, 6.45) is 2.47. The van der Waals surface area contributed by atoms with Crippen molar-refractivity contribution < 1.29 is 13.2 Å². The highest BCUT2D eigenvalue weighted by Gasteiger charge is 2.18. The zero-order valence-corrected chi connectivity index (χ0v) is 15.9. The van der Waals surface area contributed by atoms with Crippen LogP contribution in [0.1, 0.15) is 24.0 Å². The van der Waals surface area contributed by atoms with Crippen LogP contribution in [0.3, 0.4) is 0 Å². The molecule has 0 atom stereocenters. The van der Waals surface area contributed by atoms with E-state index in [1.165, 1.54) is 0 Å². The van der Waals surface area contributed by atoms with Crippen LogP contribution in [0.15, 0.2) is 48.5 Å². The summed E-state index contributed by atoms with van der Waals surface area (Å²) in [5, 5.41) is 0.425. The van der Waals surface area contributed by atoms with Crippen molar-refractivity contribution >= 4 is 33.2 Å². The van der Waals surface area contributed by atoms with Crippen molar-refractivity contribution in [2.24, 2.45) is 0 Å². The maximum atomic E-state index is 12.3. The number of nitrogens with one attached hydrogen (secondary N) is 1. The van der Waals surface area contributed by atoms with Crippen LogP contribution < -0.4 is 4.72 Å². The van der Waals surface area contributed by atoms with Gasteiger partial charge in [0.15, 0.2) is 0 Å². The molecular formula is C19H21ClN2O3S. The molecule has 2 aromatic carbocycles. The van der Waals surface area contributed by atoms with E-state index in [1.54, 1.807) is 48.5 Å². The number of halogens is 1. The van der Waals surface area contributed by atoms with Gasteiger partial charge in [0, 0.05) is 23.8 Å². The number of benzene rings is 2. The second-order valence-electron chi connectivity index (χ2n) is 6.41. The van der Waals surface area contributed by atoms with Crippen molar-refractivity contribution in [2.45, 2.75) is 25.0 Å². The van der Waals surface area contributed by atoms with Crippen LogP contribution in [0.25, 0.3) is 0 Å². The maximum Gasteiger partial charge on any atom is 0.236 e. The van der Waals surface area contributed by atoms with E-state index in [-0.39, 0.29) is 11.7 Å². The van der Waals surface area contributed by atoms with Gasteiger partial charge in [-0.2, -0.15) is 0 Å². The molecule has 138 valence electrons. The van der Waals surface area contributed by atoms with Gasteiger partial charge in [0.1, 0.15) is 0 Å². The Balaban J connectivity index is 1.61. The summed E-state index contributed by atoms with van der Waals surface area (Å²) < 4.78 is 27.2. The van der Waals surface area contributed by atoms with Crippen molar-refractivity contribution in [1.29, 1.82) is 0 Å². The molecule has 1 amide bonds. The van der Waals surface area contributed by atoms with E-state index >= 15 is 0 Å². The summed E-state index contributed by atoms with van der Waals surface area (Å²) in [6.45, 7) is 1.66. The molecule has 1 fully saturated rings. The number of carbonyl (C=O) groups excluding carboxylic acids is 1. The molecule has 3 rings (SSSR count). The fourth-order valence-corrected chi connectivity index (χ4v) is 4.49. The first-order valence-electron chi connectivity index (χ1n) is 8.53. The monoisotopic (exact) mass is 392 g/mol. The number of nitrogens with zero attached hydrogens (tertiary/aromatic N) is 1. The van der Waals surface area contributed by atoms with Crippen LogP contribution in [0.2, 0.25) is 5.02 Å². The van der Waals surface area contributed by atoms with Crippen LogP contribution in [0.4, 0.5) is 5.69 Å². The van der Waals surface area contributed by atoms with Gasteiger partial charge >= 0.3 is 0 Å². The van der Waals surface area contributed by atoms with E-state index in [2.05, 4.69) is 4.72 Å². The topological polar surface area (TPSA) is 66.5 Å². The highest BCUT2D eigenvalue weighted by molar-refractivity contribution is 7.91. The molecule has 0 aliphatic carbocycles. The Labute approximate surface area is 159 Å². The van der Waals surface area contributed by atoms with E-state index in [1.807, 2.05) is 4.90 Å². The normalized spacial score (nSPS) is 14.4. The van der Waals surface area contributed by atoms with E-state index in [0.29, 0.717) is 22.7 Å². The molecule has 0 spiro atoms. The van der Waals surface area contributed by atoms with Gasteiger partial charge in [0.25, 0.3) is 0 Å². The third kappa shape index (κ3) is 4.99. The first-order valence-corrected chi connectivity index (χ1v) is 10.6. The summed E-state index contributed by atoms with van der Waals surface area (Å²) >= 11 is 6.03. The molecule has 1 saturated heterocycles. The van der Waals surface area contributed by atoms with Crippen LogP contribution in [-0.4, -0.2) is 32.3 Å². The molecule has 7 heteroatoms. The fourth-order valence-electron chi connectivity index (χ4n) is 2.98. The summed E-state index contributed by atoms with van der Waals surface area (Å²) in [7, 11) is -3.57. The predicted octanol–water partition coefficient (Wildman–Crippen LogP) is 3.45. The number of likely N-dealkylation sites (tertiary alicyclic amines) is 1. The Morgan fingerprint density at radius 1 is 1.04 bits per heavy atom. The summed E-state index contributed by atoms with van der Waals surface area (Å²) in [6, 6.07) is 13.8. The van der Waals surface area contributed by atoms with Gasteiger partial charge in [0.05, 0.1) is 12.2 Å². The predicted molar refractivity (Wildman–Crippen MR) is 104 cm³/mol. The Kier molecular flexibility index (Phi) is 5.84. The van der Waals surface area contributed by atoms with Gasteiger partial charge in [-0.3, -0.25) is 9.52 Å². The van der Waals surface area contributed by atoms with Gasteiger partial charge in [-0.1, -0.05) is 41.9 Å². The zero-order valence-electron chi connectivity index (χ0n) is 14.3. The Hall–Kier alpha value is -2.05. The molecule has 2 aromatic rings. The molecule has 0 unspecified atom stereocenters. The fraction of sp³-hybridized carbons (Fsp3) is 0.316. The zero-order chi connectivity index (χ0) is 18.6. The lowest BCUT2D eigenvalue weighted by Crippen LogP contribution is -2.29. The smallest absolute Gasteiger partial charge is 0.236 e. The maximum absolute atomic E-state index is 12.3. The lowest BCUT2D eigenvalue weighted by molar-refractivity contribution is -0.129. The summed E-state index contributed by atoms with van der Waals surface area (Å²) in [4.78, 5) is 14.0. The molecule has 1 aliphatic heterocycles. The first kappa shape index (κ1) is 18.7. The molecular weight excluding hydrogens is 372 g/mol. The van der Waals surface area contributed by atoms with Crippen molar-refractivity contribution in [3.63, 3.8) is 0 Å². The average Bonchev–Trinajstić information content (AvgIpc) is 3.13. The highest BCUT2D eigenvalue weighted by Crippen LogP contribution is 2.20. The first-order chi connectivity index (χ1) is 12.4. The second-order valence-corrected chi connectivity index (χ2v) is 8.54. The van der Waals surface area contributed by atoms with Gasteiger partial charge in [0.2, 0.25) is 15.9 Å². The standard InChI is InChI=1S/C19H21ClN2O3S/c20-18-6-2-1-5-16(18)14-26(24,25)21-17-9-7-15(8-10-17)13-19(23)22-11-3-4-12-22/h1-2,5-10,21H,3-4,11-14H2. The molecule has 1 heterocycles. The third-order valence-corrected chi connectivity index (χ3v) is 5.95. The van der Waals surface area contributed by atoms with E-state index in [0.717, 1.165) is 31.5 Å². The Morgan fingerprint density at radius 2 is 1.69 bits per heavy atom.